The number of nitrogens with one attached hydrogen (secondary N) is 1. The van der Waals surface area contributed by atoms with Crippen molar-refractivity contribution in [3.05, 3.63) is 0 Å². The minimum Gasteiger partial charge on any atom is -0.444 e. The van der Waals surface area contributed by atoms with Gasteiger partial charge in [0.15, 0.2) is 0 Å². The first kappa shape index (κ1) is 15.2. The van der Waals surface area contributed by atoms with Gasteiger partial charge in [-0.3, -0.25) is 0 Å². The SMILES string of the molecule is CC(C)(C)OC(=O)N[C@@H]1[C@@H](O)[C@H](O)[C@H](O)C[C@H]1O. The Morgan fingerprint density at radius 1 is 1.11 bits per heavy atom. The molecule has 0 aromatic carbocycles. The molecule has 5 N–H and O–H groups in total. The monoisotopic (exact) mass is 263 g/mol. The van der Waals surface area contributed by atoms with Crippen molar-refractivity contribution in [1.82, 2.24) is 5.32 Å². The summed E-state index contributed by atoms with van der Waals surface area (Å²) < 4.78 is 4.98. The third-order valence-corrected chi connectivity index (χ3v) is 2.69. The van der Waals surface area contributed by atoms with Gasteiger partial charge in [0.05, 0.1) is 18.2 Å². The molecule has 0 aromatic heterocycles. The normalized spacial score (nSPS) is 37.2. The highest BCUT2D eigenvalue weighted by Gasteiger charge is 2.43. The fourth-order valence-electron chi connectivity index (χ4n) is 1.83. The van der Waals surface area contributed by atoms with Gasteiger partial charge in [-0.05, 0) is 20.8 Å². The number of ether oxygens (including phenoxy) is 1. The van der Waals surface area contributed by atoms with E-state index in [1.807, 2.05) is 0 Å². The zero-order valence-electron chi connectivity index (χ0n) is 10.7. The molecule has 7 heteroatoms. The zero-order chi connectivity index (χ0) is 14.1. The molecule has 5 atom stereocenters. The summed E-state index contributed by atoms with van der Waals surface area (Å²) in [6.07, 6.45) is -6.14. The quantitative estimate of drug-likeness (QED) is 0.402. The van der Waals surface area contributed by atoms with Crippen LogP contribution in [0, 0.1) is 0 Å². The third kappa shape index (κ3) is 3.81. The summed E-state index contributed by atoms with van der Waals surface area (Å²) in [4.78, 5) is 11.5. The lowest BCUT2D eigenvalue weighted by Gasteiger charge is -2.39. The van der Waals surface area contributed by atoms with Gasteiger partial charge in [-0.2, -0.15) is 0 Å². The van der Waals surface area contributed by atoms with E-state index in [1.165, 1.54) is 0 Å². The molecule has 0 aliphatic heterocycles. The van der Waals surface area contributed by atoms with Crippen LogP contribution in [0.3, 0.4) is 0 Å². The van der Waals surface area contributed by atoms with E-state index in [9.17, 15) is 25.2 Å². The Morgan fingerprint density at radius 3 is 2.17 bits per heavy atom. The first-order valence-electron chi connectivity index (χ1n) is 5.83. The van der Waals surface area contributed by atoms with Gasteiger partial charge in [0, 0.05) is 6.42 Å². The van der Waals surface area contributed by atoms with Crippen molar-refractivity contribution >= 4 is 6.09 Å². The Hall–Kier alpha value is -0.890. The summed E-state index contributed by atoms with van der Waals surface area (Å²) in [7, 11) is 0. The average Bonchev–Trinajstić information content (AvgIpc) is 2.19. The Labute approximate surface area is 105 Å². The molecular weight excluding hydrogens is 242 g/mol. The third-order valence-electron chi connectivity index (χ3n) is 2.69. The van der Waals surface area contributed by atoms with Crippen LogP contribution in [0.5, 0.6) is 0 Å². The Bertz CT molecular complexity index is 302. The maximum atomic E-state index is 11.5. The van der Waals surface area contributed by atoms with Gasteiger partial charge >= 0.3 is 6.09 Å². The number of hydrogen-bond donors (Lipinski definition) is 5. The first-order chi connectivity index (χ1) is 8.11. The smallest absolute Gasteiger partial charge is 0.408 e. The van der Waals surface area contributed by atoms with E-state index in [0.29, 0.717) is 0 Å². The first-order valence-corrected chi connectivity index (χ1v) is 5.83. The van der Waals surface area contributed by atoms with Crippen molar-refractivity contribution < 1.29 is 30.0 Å². The number of alkyl carbamates (subject to hydrolysis) is 1. The standard InChI is InChI=1S/C11H21NO6/c1-11(2,3)18-10(17)12-7-5(13)4-6(14)8(15)9(7)16/h5-9,13-16H,4H2,1-3H3,(H,12,17)/t5-,6-,7+,8-,9-/m1/s1. The van der Waals surface area contributed by atoms with E-state index in [0.717, 1.165) is 0 Å². The van der Waals surface area contributed by atoms with Crippen molar-refractivity contribution in [2.75, 3.05) is 0 Å². The second-order valence-corrected chi connectivity index (χ2v) is 5.52. The van der Waals surface area contributed by atoms with Crippen LogP contribution in [-0.4, -0.2) is 62.6 Å². The molecule has 1 amide bonds. The van der Waals surface area contributed by atoms with Crippen LogP contribution in [0.15, 0.2) is 0 Å². The summed E-state index contributed by atoms with van der Waals surface area (Å²) in [6, 6.07) is -1.07. The summed E-state index contributed by atoms with van der Waals surface area (Å²) in [5, 5.41) is 40.5. The number of carbonyl (C=O) groups is 1. The van der Waals surface area contributed by atoms with Gasteiger partial charge in [-0.25, -0.2) is 4.79 Å². The predicted molar refractivity (Wildman–Crippen MR) is 61.8 cm³/mol. The molecule has 0 spiro atoms. The number of amides is 1. The minimum absolute atomic E-state index is 0.126. The van der Waals surface area contributed by atoms with Crippen LogP contribution >= 0.6 is 0 Å². The van der Waals surface area contributed by atoms with E-state index in [4.69, 9.17) is 4.74 Å². The van der Waals surface area contributed by atoms with Crippen LogP contribution < -0.4 is 5.32 Å². The van der Waals surface area contributed by atoms with Crippen molar-refractivity contribution in [3.8, 4) is 0 Å². The fourth-order valence-corrected chi connectivity index (χ4v) is 1.83. The van der Waals surface area contributed by atoms with Gasteiger partial charge in [-0.1, -0.05) is 0 Å². The van der Waals surface area contributed by atoms with Crippen LogP contribution in [0.25, 0.3) is 0 Å². The summed E-state index contributed by atoms with van der Waals surface area (Å²) in [5.41, 5.74) is -0.702. The molecule has 1 rings (SSSR count). The van der Waals surface area contributed by atoms with Gasteiger partial charge in [0.25, 0.3) is 0 Å². The maximum absolute atomic E-state index is 11.5. The number of hydrogen-bond acceptors (Lipinski definition) is 6. The molecule has 1 aliphatic rings. The summed E-state index contributed by atoms with van der Waals surface area (Å²) in [5.74, 6) is 0. The molecule has 0 radical (unpaired) electrons. The van der Waals surface area contributed by atoms with E-state index >= 15 is 0 Å². The molecular formula is C11H21NO6. The average molecular weight is 263 g/mol. The molecule has 0 saturated heterocycles. The number of aliphatic hydroxyl groups is 4. The molecule has 0 aromatic rings. The number of carbonyl (C=O) groups excluding carboxylic acids is 1. The lowest BCUT2D eigenvalue weighted by atomic mass is 9.85. The second-order valence-electron chi connectivity index (χ2n) is 5.52. The minimum atomic E-state index is -1.45. The van der Waals surface area contributed by atoms with Gasteiger partial charge in [0.1, 0.15) is 17.8 Å². The van der Waals surface area contributed by atoms with Gasteiger partial charge < -0.3 is 30.5 Å². The molecule has 0 heterocycles. The fraction of sp³-hybridized carbons (Fsp3) is 0.909. The largest absolute Gasteiger partial charge is 0.444 e. The number of aliphatic hydroxyl groups excluding tert-OH is 4. The van der Waals surface area contributed by atoms with E-state index in [1.54, 1.807) is 20.8 Å². The van der Waals surface area contributed by atoms with Gasteiger partial charge in [0.2, 0.25) is 0 Å². The van der Waals surface area contributed by atoms with E-state index < -0.39 is 42.2 Å². The lowest BCUT2D eigenvalue weighted by molar-refractivity contribution is -0.133. The Balaban J connectivity index is 2.62. The predicted octanol–water partition coefficient (Wildman–Crippen LogP) is -1.27. The molecule has 1 saturated carbocycles. The zero-order valence-corrected chi connectivity index (χ0v) is 10.7. The Kier molecular flexibility index (Phi) is 4.55. The lowest BCUT2D eigenvalue weighted by Crippen LogP contribution is -2.62. The maximum Gasteiger partial charge on any atom is 0.408 e. The highest BCUT2D eigenvalue weighted by Crippen LogP contribution is 2.21. The van der Waals surface area contributed by atoms with Crippen LogP contribution in [0.1, 0.15) is 27.2 Å². The van der Waals surface area contributed by atoms with Crippen molar-refractivity contribution in [3.63, 3.8) is 0 Å². The molecule has 7 nitrogen and oxygen atoms in total. The Morgan fingerprint density at radius 2 is 1.67 bits per heavy atom. The van der Waals surface area contributed by atoms with Crippen LogP contribution in [0.4, 0.5) is 4.79 Å². The molecule has 106 valence electrons. The number of rotatable bonds is 1. The van der Waals surface area contributed by atoms with E-state index in [-0.39, 0.29) is 6.42 Å². The molecule has 1 aliphatic carbocycles. The second kappa shape index (κ2) is 5.40. The van der Waals surface area contributed by atoms with Crippen LogP contribution in [0.2, 0.25) is 0 Å². The van der Waals surface area contributed by atoms with Crippen LogP contribution in [-0.2, 0) is 4.74 Å². The van der Waals surface area contributed by atoms with Crippen molar-refractivity contribution in [2.45, 2.75) is 63.3 Å². The highest BCUT2D eigenvalue weighted by atomic mass is 16.6. The molecule has 0 unspecified atom stereocenters. The molecule has 1 fully saturated rings. The van der Waals surface area contributed by atoms with Crippen molar-refractivity contribution in [1.29, 1.82) is 0 Å². The topological polar surface area (TPSA) is 119 Å². The van der Waals surface area contributed by atoms with E-state index in [2.05, 4.69) is 5.32 Å². The van der Waals surface area contributed by atoms with Crippen molar-refractivity contribution in [2.24, 2.45) is 0 Å². The molecule has 18 heavy (non-hydrogen) atoms. The van der Waals surface area contributed by atoms with Gasteiger partial charge in [-0.15, -0.1) is 0 Å². The molecule has 0 bridgehead atoms. The highest BCUT2D eigenvalue weighted by molar-refractivity contribution is 5.68. The summed E-state index contributed by atoms with van der Waals surface area (Å²) in [6.45, 7) is 5.04. The summed E-state index contributed by atoms with van der Waals surface area (Å²) >= 11 is 0.